The fraction of sp³-hybridized carbons (Fsp3) is 0. The molecule has 0 saturated heterocycles. The number of aromatic nitrogens is 4. The average Bonchev–Trinajstić information content (AvgIpc) is 3.47. The summed E-state index contributed by atoms with van der Waals surface area (Å²) in [7, 11) is 0. The van der Waals surface area contributed by atoms with E-state index < -0.39 is 0 Å². The van der Waals surface area contributed by atoms with Gasteiger partial charge in [-0.15, -0.1) is 0 Å². The van der Waals surface area contributed by atoms with Crippen molar-refractivity contribution < 1.29 is 0 Å². The van der Waals surface area contributed by atoms with Crippen molar-refractivity contribution in [2.75, 3.05) is 0 Å². The van der Waals surface area contributed by atoms with Crippen LogP contribution in [0.25, 0.3) is 55.5 Å². The zero-order valence-corrected chi connectivity index (χ0v) is 18.3. The first kappa shape index (κ1) is 18.8. The molecule has 0 aliphatic heterocycles. The Kier molecular flexibility index (Phi) is 4.11. The SMILES string of the molecule is c1ccc(-c2cnc(-n3ccc4cc5c6ccccc6n(-c6ccccc6)c5cc43)cn2)cc1. The summed E-state index contributed by atoms with van der Waals surface area (Å²) in [6, 6.07) is 36.0. The molecule has 0 radical (unpaired) electrons. The van der Waals surface area contributed by atoms with Crippen molar-refractivity contribution in [3.8, 4) is 22.8 Å². The summed E-state index contributed by atoms with van der Waals surface area (Å²) >= 11 is 0. The molecular formula is C30H20N4. The minimum Gasteiger partial charge on any atom is -0.309 e. The lowest BCUT2D eigenvalue weighted by molar-refractivity contribution is 1.02. The summed E-state index contributed by atoms with van der Waals surface area (Å²) < 4.78 is 4.45. The van der Waals surface area contributed by atoms with Gasteiger partial charge in [0, 0.05) is 33.6 Å². The molecule has 7 aromatic rings. The number of rotatable bonds is 3. The highest BCUT2D eigenvalue weighted by atomic mass is 15.1. The van der Waals surface area contributed by atoms with Crippen LogP contribution in [0.5, 0.6) is 0 Å². The number of nitrogens with zero attached hydrogens (tertiary/aromatic N) is 4. The van der Waals surface area contributed by atoms with Crippen LogP contribution in [0.15, 0.2) is 122 Å². The molecule has 0 atom stereocenters. The van der Waals surface area contributed by atoms with Crippen molar-refractivity contribution in [1.82, 2.24) is 19.1 Å². The summed E-state index contributed by atoms with van der Waals surface area (Å²) in [5.41, 5.74) is 6.57. The van der Waals surface area contributed by atoms with Crippen molar-refractivity contribution in [1.29, 1.82) is 0 Å². The van der Waals surface area contributed by atoms with E-state index in [4.69, 9.17) is 4.98 Å². The summed E-state index contributed by atoms with van der Waals surface area (Å²) in [4.78, 5) is 9.43. The molecule has 0 aliphatic carbocycles. The quantitative estimate of drug-likeness (QED) is 0.294. The average molecular weight is 437 g/mol. The van der Waals surface area contributed by atoms with Gasteiger partial charge >= 0.3 is 0 Å². The fourth-order valence-corrected chi connectivity index (χ4v) is 4.86. The highest BCUT2D eigenvalue weighted by Crippen LogP contribution is 2.35. The van der Waals surface area contributed by atoms with Gasteiger partial charge in [-0.25, -0.2) is 4.98 Å². The fourth-order valence-electron chi connectivity index (χ4n) is 4.86. The Morgan fingerprint density at radius 2 is 1.32 bits per heavy atom. The van der Waals surface area contributed by atoms with Crippen LogP contribution in [0.3, 0.4) is 0 Å². The van der Waals surface area contributed by atoms with Crippen molar-refractivity contribution in [3.63, 3.8) is 0 Å². The van der Waals surface area contributed by atoms with Crippen LogP contribution in [-0.2, 0) is 0 Å². The van der Waals surface area contributed by atoms with Crippen LogP contribution in [0.1, 0.15) is 0 Å². The van der Waals surface area contributed by atoms with E-state index in [1.54, 1.807) is 0 Å². The summed E-state index contributed by atoms with van der Waals surface area (Å²) in [6.45, 7) is 0. The highest BCUT2D eigenvalue weighted by Gasteiger charge is 2.15. The first-order chi connectivity index (χ1) is 16.9. The Morgan fingerprint density at radius 3 is 2.12 bits per heavy atom. The number of hydrogen-bond acceptors (Lipinski definition) is 2. The van der Waals surface area contributed by atoms with Gasteiger partial charge in [0.2, 0.25) is 0 Å². The maximum absolute atomic E-state index is 4.74. The second-order valence-electron chi connectivity index (χ2n) is 8.43. The van der Waals surface area contributed by atoms with E-state index in [9.17, 15) is 0 Å². The third-order valence-corrected chi connectivity index (χ3v) is 6.45. The van der Waals surface area contributed by atoms with Crippen molar-refractivity contribution in [2.45, 2.75) is 0 Å². The van der Waals surface area contributed by atoms with Gasteiger partial charge in [0.25, 0.3) is 0 Å². The van der Waals surface area contributed by atoms with Gasteiger partial charge in [-0.2, -0.15) is 0 Å². The Labute approximate surface area is 196 Å². The lowest BCUT2D eigenvalue weighted by Crippen LogP contribution is -1.98. The maximum Gasteiger partial charge on any atom is 0.155 e. The molecule has 3 heterocycles. The summed E-state index contributed by atoms with van der Waals surface area (Å²) in [6.07, 6.45) is 5.76. The number of fused-ring (bicyclic) bond motifs is 4. The lowest BCUT2D eigenvalue weighted by Gasteiger charge is -2.09. The third-order valence-electron chi connectivity index (χ3n) is 6.45. The molecule has 0 aliphatic rings. The molecule has 7 rings (SSSR count). The molecule has 0 spiro atoms. The second kappa shape index (κ2) is 7.42. The van der Waals surface area contributed by atoms with Crippen LogP contribution < -0.4 is 0 Å². The molecule has 34 heavy (non-hydrogen) atoms. The van der Waals surface area contributed by atoms with Gasteiger partial charge in [0.15, 0.2) is 5.82 Å². The van der Waals surface area contributed by atoms with E-state index in [1.165, 1.54) is 27.2 Å². The smallest absolute Gasteiger partial charge is 0.155 e. The van der Waals surface area contributed by atoms with Gasteiger partial charge in [0.05, 0.1) is 34.6 Å². The minimum absolute atomic E-state index is 0.802. The van der Waals surface area contributed by atoms with Crippen molar-refractivity contribution in [2.24, 2.45) is 0 Å². The molecule has 0 unspecified atom stereocenters. The maximum atomic E-state index is 4.74. The predicted molar refractivity (Wildman–Crippen MR) is 139 cm³/mol. The monoisotopic (exact) mass is 436 g/mol. The van der Waals surface area contributed by atoms with Crippen LogP contribution in [0.2, 0.25) is 0 Å². The van der Waals surface area contributed by atoms with E-state index >= 15 is 0 Å². The molecular weight excluding hydrogens is 416 g/mol. The molecule has 3 aromatic heterocycles. The van der Waals surface area contributed by atoms with Crippen LogP contribution >= 0.6 is 0 Å². The van der Waals surface area contributed by atoms with Crippen LogP contribution in [0, 0.1) is 0 Å². The second-order valence-corrected chi connectivity index (χ2v) is 8.43. The van der Waals surface area contributed by atoms with E-state index in [1.807, 2.05) is 42.7 Å². The predicted octanol–water partition coefficient (Wildman–Crippen LogP) is 7.18. The van der Waals surface area contributed by atoms with Crippen molar-refractivity contribution in [3.05, 3.63) is 122 Å². The van der Waals surface area contributed by atoms with Crippen LogP contribution in [-0.4, -0.2) is 19.1 Å². The van der Waals surface area contributed by atoms with Gasteiger partial charge in [0.1, 0.15) is 0 Å². The van der Waals surface area contributed by atoms with E-state index in [2.05, 4.69) is 93.1 Å². The van der Waals surface area contributed by atoms with Crippen molar-refractivity contribution >= 4 is 32.7 Å². The van der Waals surface area contributed by atoms with Crippen LogP contribution in [0.4, 0.5) is 0 Å². The number of benzene rings is 4. The standard InChI is InChI=1S/C30H20N4/c1-3-9-21(10-4-1)26-19-32-30(20-31-26)33-16-15-22-17-25-24-13-7-8-14-27(24)34(29(25)18-28(22)33)23-11-5-2-6-12-23/h1-20H. The zero-order valence-electron chi connectivity index (χ0n) is 18.3. The highest BCUT2D eigenvalue weighted by molar-refractivity contribution is 6.13. The van der Waals surface area contributed by atoms with Gasteiger partial charge in [-0.3, -0.25) is 9.55 Å². The molecule has 4 nitrogen and oxygen atoms in total. The molecule has 160 valence electrons. The van der Waals surface area contributed by atoms with Gasteiger partial charge < -0.3 is 4.57 Å². The third kappa shape index (κ3) is 2.86. The Hall–Kier alpha value is -4.70. The minimum atomic E-state index is 0.802. The number of hydrogen-bond donors (Lipinski definition) is 0. The molecule has 4 heteroatoms. The van der Waals surface area contributed by atoms with Gasteiger partial charge in [-0.05, 0) is 36.4 Å². The molecule has 0 bridgehead atoms. The van der Waals surface area contributed by atoms with E-state index in [0.717, 1.165) is 28.3 Å². The molecule has 0 fully saturated rings. The number of para-hydroxylation sites is 2. The topological polar surface area (TPSA) is 35.6 Å². The molecule has 4 aromatic carbocycles. The first-order valence-electron chi connectivity index (χ1n) is 11.3. The Morgan fingerprint density at radius 1 is 0.559 bits per heavy atom. The Balaban J connectivity index is 1.44. The normalized spacial score (nSPS) is 11.5. The first-order valence-corrected chi connectivity index (χ1v) is 11.3. The lowest BCUT2D eigenvalue weighted by atomic mass is 10.1. The summed E-state index contributed by atoms with van der Waals surface area (Å²) in [5.74, 6) is 0.802. The Bertz CT molecular complexity index is 1780. The van der Waals surface area contributed by atoms with E-state index in [0.29, 0.717) is 0 Å². The zero-order chi connectivity index (χ0) is 22.5. The molecule has 0 amide bonds. The van der Waals surface area contributed by atoms with E-state index in [-0.39, 0.29) is 0 Å². The molecule has 0 saturated carbocycles. The largest absolute Gasteiger partial charge is 0.309 e. The summed E-state index contributed by atoms with van der Waals surface area (Å²) in [5, 5.41) is 3.68. The van der Waals surface area contributed by atoms with Gasteiger partial charge in [-0.1, -0.05) is 66.7 Å². The molecule has 0 N–H and O–H groups in total.